The van der Waals surface area contributed by atoms with Gasteiger partial charge >= 0.3 is 0 Å². The molecule has 2 aromatic rings. The quantitative estimate of drug-likeness (QED) is 0.679. The van der Waals surface area contributed by atoms with E-state index in [1.165, 1.54) is 6.08 Å². The van der Waals surface area contributed by atoms with E-state index in [2.05, 4.69) is 15.3 Å². The van der Waals surface area contributed by atoms with Crippen LogP contribution in [0.15, 0.2) is 54.2 Å². The summed E-state index contributed by atoms with van der Waals surface area (Å²) in [4.78, 5) is 20.0. The lowest BCUT2D eigenvalue weighted by Gasteiger charge is -1.98. The second kappa shape index (κ2) is 7.35. The first-order valence-corrected chi connectivity index (χ1v) is 7.09. The molecular formula is C15H15N3OS. The number of hydrogen-bond donors (Lipinski definition) is 1. The average Bonchev–Trinajstić information content (AvgIpc) is 2.95. The van der Waals surface area contributed by atoms with Crippen molar-refractivity contribution >= 4 is 17.2 Å². The Morgan fingerprint density at radius 1 is 1.35 bits per heavy atom. The SMILES string of the molecule is C/C=C/C=C/C(=O)NCc1csc(-c2ccncc2)n1. The molecule has 102 valence electrons. The summed E-state index contributed by atoms with van der Waals surface area (Å²) in [5.41, 5.74) is 1.89. The van der Waals surface area contributed by atoms with Crippen LogP contribution >= 0.6 is 11.3 Å². The van der Waals surface area contributed by atoms with Crippen molar-refractivity contribution in [3.8, 4) is 10.6 Å². The first kappa shape index (κ1) is 14.1. The lowest BCUT2D eigenvalue weighted by molar-refractivity contribution is -0.116. The maximum atomic E-state index is 11.5. The van der Waals surface area contributed by atoms with Gasteiger partial charge in [0.05, 0.1) is 12.2 Å². The minimum atomic E-state index is -0.124. The predicted molar refractivity (Wildman–Crippen MR) is 81.1 cm³/mol. The van der Waals surface area contributed by atoms with Gasteiger partial charge in [-0.25, -0.2) is 4.98 Å². The average molecular weight is 285 g/mol. The summed E-state index contributed by atoms with van der Waals surface area (Å²) in [6.07, 6.45) is 10.4. The molecule has 2 heterocycles. The van der Waals surface area contributed by atoms with E-state index < -0.39 is 0 Å². The summed E-state index contributed by atoms with van der Waals surface area (Å²) >= 11 is 1.56. The van der Waals surface area contributed by atoms with Crippen molar-refractivity contribution in [2.75, 3.05) is 0 Å². The number of carbonyl (C=O) groups is 1. The molecule has 0 atom stereocenters. The first-order valence-electron chi connectivity index (χ1n) is 6.21. The number of allylic oxidation sites excluding steroid dienone is 3. The third-order valence-electron chi connectivity index (χ3n) is 2.47. The van der Waals surface area contributed by atoms with Gasteiger partial charge in [0.2, 0.25) is 5.91 Å². The van der Waals surface area contributed by atoms with Crippen molar-refractivity contribution in [2.24, 2.45) is 0 Å². The van der Waals surface area contributed by atoms with E-state index in [1.807, 2.05) is 36.6 Å². The second-order valence-corrected chi connectivity index (χ2v) is 4.84. The monoisotopic (exact) mass is 285 g/mol. The fourth-order valence-electron chi connectivity index (χ4n) is 1.51. The highest BCUT2D eigenvalue weighted by molar-refractivity contribution is 7.13. The van der Waals surface area contributed by atoms with E-state index >= 15 is 0 Å². The van der Waals surface area contributed by atoms with Crippen LogP contribution in [0.2, 0.25) is 0 Å². The van der Waals surface area contributed by atoms with Crippen LogP contribution in [0, 0.1) is 0 Å². The molecule has 0 aliphatic carbocycles. The highest BCUT2D eigenvalue weighted by Crippen LogP contribution is 2.22. The standard InChI is InChI=1S/C15H15N3OS/c1-2-3-4-5-14(19)17-10-13-11-20-15(18-13)12-6-8-16-9-7-12/h2-9,11H,10H2,1H3,(H,17,19)/b3-2+,5-4+. The molecule has 2 aromatic heterocycles. The molecular weight excluding hydrogens is 270 g/mol. The molecule has 4 nitrogen and oxygen atoms in total. The summed E-state index contributed by atoms with van der Waals surface area (Å²) in [5, 5.41) is 5.68. The lowest BCUT2D eigenvalue weighted by atomic mass is 10.3. The summed E-state index contributed by atoms with van der Waals surface area (Å²) in [5.74, 6) is -0.124. The van der Waals surface area contributed by atoms with Crippen molar-refractivity contribution in [1.82, 2.24) is 15.3 Å². The second-order valence-electron chi connectivity index (χ2n) is 3.98. The van der Waals surface area contributed by atoms with Crippen LogP contribution in [0.3, 0.4) is 0 Å². The smallest absolute Gasteiger partial charge is 0.244 e. The minimum absolute atomic E-state index is 0.124. The van der Waals surface area contributed by atoms with Gasteiger partial charge in [-0.3, -0.25) is 9.78 Å². The number of rotatable bonds is 5. The van der Waals surface area contributed by atoms with Gasteiger partial charge in [0.1, 0.15) is 5.01 Å². The number of carbonyl (C=O) groups excluding carboxylic acids is 1. The first-order chi connectivity index (χ1) is 9.79. The van der Waals surface area contributed by atoms with E-state index in [0.717, 1.165) is 16.3 Å². The minimum Gasteiger partial charge on any atom is -0.347 e. The number of nitrogens with zero attached hydrogens (tertiary/aromatic N) is 2. The maximum Gasteiger partial charge on any atom is 0.244 e. The van der Waals surface area contributed by atoms with Crippen LogP contribution in [0.1, 0.15) is 12.6 Å². The van der Waals surface area contributed by atoms with Crippen LogP contribution in [0.4, 0.5) is 0 Å². The fraction of sp³-hybridized carbons (Fsp3) is 0.133. The molecule has 0 radical (unpaired) electrons. The van der Waals surface area contributed by atoms with Gasteiger partial charge < -0.3 is 5.32 Å². The van der Waals surface area contributed by atoms with Crippen molar-refractivity contribution < 1.29 is 4.79 Å². The van der Waals surface area contributed by atoms with Gasteiger partial charge in [-0.05, 0) is 19.1 Å². The molecule has 0 bridgehead atoms. The van der Waals surface area contributed by atoms with E-state index in [4.69, 9.17) is 0 Å². The highest BCUT2D eigenvalue weighted by atomic mass is 32.1. The Labute approximate surface area is 121 Å². The lowest BCUT2D eigenvalue weighted by Crippen LogP contribution is -2.20. The molecule has 5 heteroatoms. The molecule has 0 fully saturated rings. The zero-order chi connectivity index (χ0) is 14.2. The Morgan fingerprint density at radius 2 is 2.15 bits per heavy atom. The Morgan fingerprint density at radius 3 is 2.90 bits per heavy atom. The molecule has 0 saturated heterocycles. The molecule has 0 aromatic carbocycles. The van der Waals surface area contributed by atoms with Crippen molar-refractivity contribution in [1.29, 1.82) is 0 Å². The molecule has 2 rings (SSSR count). The zero-order valence-corrected chi connectivity index (χ0v) is 11.9. The fourth-order valence-corrected chi connectivity index (χ4v) is 2.33. The zero-order valence-electron chi connectivity index (χ0n) is 11.1. The van der Waals surface area contributed by atoms with E-state index in [1.54, 1.807) is 29.8 Å². The van der Waals surface area contributed by atoms with Crippen LogP contribution in [-0.4, -0.2) is 15.9 Å². The van der Waals surface area contributed by atoms with Gasteiger partial charge in [-0.1, -0.05) is 18.2 Å². The van der Waals surface area contributed by atoms with Crippen LogP contribution in [0.5, 0.6) is 0 Å². The van der Waals surface area contributed by atoms with E-state index in [0.29, 0.717) is 6.54 Å². The Kier molecular flexibility index (Phi) is 5.20. The summed E-state index contributed by atoms with van der Waals surface area (Å²) in [7, 11) is 0. The van der Waals surface area contributed by atoms with E-state index in [-0.39, 0.29) is 5.91 Å². The summed E-state index contributed by atoms with van der Waals surface area (Å²) in [6, 6.07) is 3.84. The Bertz CT molecular complexity index is 617. The van der Waals surface area contributed by atoms with Crippen molar-refractivity contribution in [2.45, 2.75) is 13.5 Å². The number of pyridine rings is 1. The summed E-state index contributed by atoms with van der Waals surface area (Å²) in [6.45, 7) is 2.33. The predicted octanol–water partition coefficient (Wildman–Crippen LogP) is 2.95. The van der Waals surface area contributed by atoms with Gasteiger partial charge in [-0.2, -0.15) is 0 Å². The van der Waals surface area contributed by atoms with Gasteiger partial charge in [0, 0.05) is 29.4 Å². The van der Waals surface area contributed by atoms with Crippen molar-refractivity contribution in [3.63, 3.8) is 0 Å². The van der Waals surface area contributed by atoms with E-state index in [9.17, 15) is 4.79 Å². The molecule has 0 aliphatic heterocycles. The molecule has 0 saturated carbocycles. The van der Waals surface area contributed by atoms with Crippen LogP contribution in [0.25, 0.3) is 10.6 Å². The normalized spacial score (nSPS) is 11.2. The van der Waals surface area contributed by atoms with Crippen LogP contribution < -0.4 is 5.32 Å². The molecule has 0 spiro atoms. The van der Waals surface area contributed by atoms with Gasteiger partial charge in [0.25, 0.3) is 0 Å². The molecule has 20 heavy (non-hydrogen) atoms. The third-order valence-corrected chi connectivity index (χ3v) is 3.41. The number of hydrogen-bond acceptors (Lipinski definition) is 4. The van der Waals surface area contributed by atoms with Gasteiger partial charge in [-0.15, -0.1) is 11.3 Å². The number of thiazole rings is 1. The molecule has 1 amide bonds. The summed E-state index contributed by atoms with van der Waals surface area (Å²) < 4.78 is 0. The molecule has 0 unspecified atom stereocenters. The third kappa shape index (κ3) is 4.13. The largest absolute Gasteiger partial charge is 0.347 e. The van der Waals surface area contributed by atoms with Gasteiger partial charge in [0.15, 0.2) is 0 Å². The highest BCUT2D eigenvalue weighted by Gasteiger charge is 2.04. The number of nitrogens with one attached hydrogen (secondary N) is 1. The van der Waals surface area contributed by atoms with Crippen LogP contribution in [-0.2, 0) is 11.3 Å². The maximum absolute atomic E-state index is 11.5. The molecule has 1 N–H and O–H groups in total. The number of amides is 1. The number of aromatic nitrogens is 2. The van der Waals surface area contributed by atoms with Crippen molar-refractivity contribution in [3.05, 3.63) is 59.9 Å². The Balaban J connectivity index is 1.92. The topological polar surface area (TPSA) is 54.9 Å². The molecule has 0 aliphatic rings. The Hall–Kier alpha value is -2.27.